The van der Waals surface area contributed by atoms with E-state index in [0.29, 0.717) is 17.0 Å². The molecule has 0 spiro atoms. The fourth-order valence-corrected chi connectivity index (χ4v) is 2.94. The number of esters is 1. The van der Waals surface area contributed by atoms with E-state index in [2.05, 4.69) is 0 Å². The van der Waals surface area contributed by atoms with Crippen LogP contribution in [0.4, 0.5) is 11.4 Å². The molecule has 0 aliphatic heterocycles. The number of rotatable bonds is 7. The molecule has 30 heavy (non-hydrogen) atoms. The monoisotopic (exact) mass is 408 g/mol. The highest BCUT2D eigenvalue weighted by atomic mass is 16.6. The van der Waals surface area contributed by atoms with Crippen LogP contribution in [0.5, 0.6) is 0 Å². The van der Waals surface area contributed by atoms with Gasteiger partial charge in [-0.2, -0.15) is 0 Å². The number of nitro benzene ring substituents is 1. The van der Waals surface area contributed by atoms with Gasteiger partial charge in [-0.25, -0.2) is 4.79 Å². The lowest BCUT2D eigenvalue weighted by atomic mass is 10.1. The molecule has 1 heterocycles. The highest BCUT2D eigenvalue weighted by molar-refractivity contribution is 5.97. The van der Waals surface area contributed by atoms with Crippen LogP contribution in [0.15, 0.2) is 71.1 Å². The second-order valence-electron chi connectivity index (χ2n) is 6.74. The summed E-state index contributed by atoms with van der Waals surface area (Å²) in [6, 6.07) is 17.7. The highest BCUT2D eigenvalue weighted by Crippen LogP contribution is 2.25. The van der Waals surface area contributed by atoms with Crippen molar-refractivity contribution in [3.63, 3.8) is 0 Å². The molecule has 0 aliphatic rings. The number of hydrogen-bond acceptors (Lipinski definition) is 6. The topological polar surface area (TPSA) is 103 Å². The third-order valence-corrected chi connectivity index (χ3v) is 4.32. The molecular formula is C22H20N2O6. The Kier molecular flexibility index (Phi) is 6.26. The number of carbonyl (C=O) groups is 2. The first-order valence-electron chi connectivity index (χ1n) is 9.25. The van der Waals surface area contributed by atoms with Gasteiger partial charge in [0, 0.05) is 29.4 Å². The van der Waals surface area contributed by atoms with Crippen LogP contribution in [-0.2, 0) is 9.53 Å². The summed E-state index contributed by atoms with van der Waals surface area (Å²) in [5.74, 6) is -0.830. The van der Waals surface area contributed by atoms with E-state index in [1.165, 1.54) is 30.3 Å². The van der Waals surface area contributed by atoms with Gasteiger partial charge >= 0.3 is 5.97 Å². The Morgan fingerprint density at radius 3 is 2.30 bits per heavy atom. The van der Waals surface area contributed by atoms with Crippen LogP contribution in [0.25, 0.3) is 11.3 Å². The molecule has 1 aromatic heterocycles. The van der Waals surface area contributed by atoms with Gasteiger partial charge < -0.3 is 14.1 Å². The highest BCUT2D eigenvalue weighted by Gasteiger charge is 2.22. The van der Waals surface area contributed by atoms with Crippen molar-refractivity contribution in [1.82, 2.24) is 0 Å². The molecule has 2 aromatic carbocycles. The number of nitrogens with zero attached hydrogens (tertiary/aromatic N) is 2. The smallest absolute Gasteiger partial charge is 0.374 e. The van der Waals surface area contributed by atoms with Crippen molar-refractivity contribution < 1.29 is 23.7 Å². The van der Waals surface area contributed by atoms with E-state index >= 15 is 0 Å². The van der Waals surface area contributed by atoms with E-state index < -0.39 is 17.5 Å². The van der Waals surface area contributed by atoms with E-state index in [4.69, 9.17) is 9.15 Å². The summed E-state index contributed by atoms with van der Waals surface area (Å²) in [5.41, 5.74) is 1.24. The number of non-ortho nitro benzene ring substituents is 1. The molecule has 0 bridgehead atoms. The number of anilines is 1. The average Bonchev–Trinajstić information content (AvgIpc) is 3.23. The molecule has 154 valence electrons. The number of para-hydroxylation sites is 1. The predicted octanol–water partition coefficient (Wildman–Crippen LogP) is 4.45. The van der Waals surface area contributed by atoms with Gasteiger partial charge in [0.25, 0.3) is 11.6 Å². The van der Waals surface area contributed by atoms with E-state index in [-0.39, 0.29) is 23.4 Å². The molecule has 3 rings (SSSR count). The van der Waals surface area contributed by atoms with Crippen LogP contribution in [0.3, 0.4) is 0 Å². The zero-order chi connectivity index (χ0) is 21.7. The van der Waals surface area contributed by atoms with Gasteiger partial charge in [-0.3, -0.25) is 14.9 Å². The Labute approximate surface area is 172 Å². The van der Waals surface area contributed by atoms with Crippen molar-refractivity contribution >= 4 is 23.3 Å². The average molecular weight is 408 g/mol. The van der Waals surface area contributed by atoms with E-state index in [0.717, 1.165) is 0 Å². The van der Waals surface area contributed by atoms with Gasteiger partial charge in [-0.05, 0) is 50.2 Å². The van der Waals surface area contributed by atoms with Crippen molar-refractivity contribution in [1.29, 1.82) is 0 Å². The molecular weight excluding hydrogens is 388 g/mol. The number of amides is 1. The molecule has 0 radical (unpaired) electrons. The molecule has 8 nitrogen and oxygen atoms in total. The van der Waals surface area contributed by atoms with Crippen LogP contribution in [0, 0.1) is 10.1 Å². The van der Waals surface area contributed by atoms with Crippen LogP contribution in [-0.4, -0.2) is 29.4 Å². The zero-order valence-electron chi connectivity index (χ0n) is 16.5. The second-order valence-corrected chi connectivity index (χ2v) is 6.74. The molecule has 3 aromatic rings. The number of benzene rings is 2. The first kappa shape index (κ1) is 20.8. The fourth-order valence-electron chi connectivity index (χ4n) is 2.94. The Hall–Kier alpha value is -3.94. The Morgan fingerprint density at radius 2 is 1.70 bits per heavy atom. The lowest BCUT2D eigenvalue weighted by Crippen LogP contribution is -2.39. The molecule has 0 saturated heterocycles. The molecule has 0 saturated carbocycles. The standard InChI is InChI=1S/C22H20N2O6/c1-15(2)23(17-6-4-3-5-7-17)21(25)14-29-22(26)20-13-12-19(30-20)16-8-10-18(11-9-16)24(27)28/h3-13,15H,14H2,1-2H3. The molecule has 0 fully saturated rings. The van der Waals surface area contributed by atoms with Crippen LogP contribution in [0.1, 0.15) is 24.4 Å². The number of ether oxygens (including phenoxy) is 1. The molecule has 0 N–H and O–H groups in total. The lowest BCUT2D eigenvalue weighted by molar-refractivity contribution is -0.384. The van der Waals surface area contributed by atoms with Gasteiger partial charge in [0.1, 0.15) is 5.76 Å². The third-order valence-electron chi connectivity index (χ3n) is 4.32. The maximum absolute atomic E-state index is 12.6. The van der Waals surface area contributed by atoms with Crippen molar-refractivity contribution in [3.05, 3.63) is 82.6 Å². The van der Waals surface area contributed by atoms with Crippen LogP contribution < -0.4 is 4.90 Å². The maximum atomic E-state index is 12.6. The maximum Gasteiger partial charge on any atom is 0.374 e. The number of nitro groups is 1. The van der Waals surface area contributed by atoms with E-state index in [9.17, 15) is 19.7 Å². The van der Waals surface area contributed by atoms with Crippen molar-refractivity contribution in [3.8, 4) is 11.3 Å². The number of furan rings is 1. The van der Waals surface area contributed by atoms with Crippen LogP contribution >= 0.6 is 0 Å². The Morgan fingerprint density at radius 1 is 1.03 bits per heavy atom. The number of carbonyl (C=O) groups excluding carboxylic acids is 2. The van der Waals surface area contributed by atoms with Gasteiger partial charge in [0.2, 0.25) is 5.76 Å². The van der Waals surface area contributed by atoms with Crippen LogP contribution in [0.2, 0.25) is 0 Å². The first-order valence-corrected chi connectivity index (χ1v) is 9.25. The summed E-state index contributed by atoms with van der Waals surface area (Å²) in [6.07, 6.45) is 0. The van der Waals surface area contributed by atoms with Gasteiger partial charge in [0.05, 0.1) is 4.92 Å². The predicted molar refractivity (Wildman–Crippen MR) is 110 cm³/mol. The minimum atomic E-state index is -0.770. The lowest BCUT2D eigenvalue weighted by Gasteiger charge is -2.26. The van der Waals surface area contributed by atoms with Crippen molar-refractivity contribution in [2.75, 3.05) is 11.5 Å². The third kappa shape index (κ3) is 4.72. The first-order chi connectivity index (χ1) is 14.4. The largest absolute Gasteiger partial charge is 0.450 e. The summed E-state index contributed by atoms with van der Waals surface area (Å²) in [7, 11) is 0. The summed E-state index contributed by atoms with van der Waals surface area (Å²) < 4.78 is 10.6. The van der Waals surface area contributed by atoms with Gasteiger partial charge in [0.15, 0.2) is 6.61 Å². The summed E-state index contributed by atoms with van der Waals surface area (Å²) in [4.78, 5) is 36.7. The second kappa shape index (κ2) is 9.04. The molecule has 0 atom stereocenters. The fraction of sp³-hybridized carbons (Fsp3) is 0.182. The van der Waals surface area contributed by atoms with Crippen molar-refractivity contribution in [2.24, 2.45) is 0 Å². The molecule has 0 aliphatic carbocycles. The van der Waals surface area contributed by atoms with E-state index in [1.807, 2.05) is 44.2 Å². The van der Waals surface area contributed by atoms with Gasteiger partial charge in [-0.15, -0.1) is 0 Å². The molecule has 1 amide bonds. The normalized spacial score (nSPS) is 10.6. The summed E-state index contributed by atoms with van der Waals surface area (Å²) >= 11 is 0. The van der Waals surface area contributed by atoms with Gasteiger partial charge in [-0.1, -0.05) is 18.2 Å². The Bertz CT molecular complexity index is 1040. The number of hydrogen-bond donors (Lipinski definition) is 0. The molecule has 0 unspecified atom stereocenters. The Balaban J connectivity index is 1.65. The minimum absolute atomic E-state index is 0.0448. The zero-order valence-corrected chi connectivity index (χ0v) is 16.5. The summed E-state index contributed by atoms with van der Waals surface area (Å²) in [6.45, 7) is 3.31. The van der Waals surface area contributed by atoms with Crippen molar-refractivity contribution in [2.45, 2.75) is 19.9 Å². The SMILES string of the molecule is CC(C)N(C(=O)COC(=O)c1ccc(-c2ccc([N+](=O)[O-])cc2)o1)c1ccccc1. The quantitative estimate of drug-likeness (QED) is 0.325. The van der Waals surface area contributed by atoms with E-state index in [1.54, 1.807) is 11.0 Å². The summed E-state index contributed by atoms with van der Waals surface area (Å²) in [5, 5.41) is 10.7. The minimum Gasteiger partial charge on any atom is -0.450 e. The molecule has 8 heteroatoms.